The quantitative estimate of drug-likeness (QED) is 0.859. The van der Waals surface area contributed by atoms with Gasteiger partial charge in [0, 0.05) is 6.04 Å². The first-order valence-corrected chi connectivity index (χ1v) is 4.90. The van der Waals surface area contributed by atoms with Crippen LogP contribution in [-0.4, -0.2) is 15.8 Å². The Morgan fingerprint density at radius 1 is 1.75 bits per heavy atom. The monoisotopic (exact) mass is 231 g/mol. The Morgan fingerprint density at radius 2 is 2.42 bits per heavy atom. The average molecular weight is 232 g/mol. The van der Waals surface area contributed by atoms with Crippen LogP contribution in [0, 0.1) is 0 Å². The number of nitrogens with zero attached hydrogens (tertiary/aromatic N) is 2. The lowest BCUT2D eigenvalue weighted by atomic mass is 10.3. The van der Waals surface area contributed by atoms with Gasteiger partial charge >= 0.3 is 0 Å². The van der Waals surface area contributed by atoms with Gasteiger partial charge < -0.3 is 5.73 Å². The van der Waals surface area contributed by atoms with E-state index in [4.69, 9.17) is 5.73 Å². The van der Waals surface area contributed by atoms with Crippen LogP contribution < -0.4 is 5.73 Å². The van der Waals surface area contributed by atoms with Crippen LogP contribution in [0.1, 0.15) is 19.5 Å². The van der Waals surface area contributed by atoms with Gasteiger partial charge in [0.1, 0.15) is 0 Å². The van der Waals surface area contributed by atoms with Crippen LogP contribution in [0.25, 0.3) is 0 Å². The highest BCUT2D eigenvalue weighted by atomic mass is 79.9. The fourth-order valence-corrected chi connectivity index (χ4v) is 1.75. The summed E-state index contributed by atoms with van der Waals surface area (Å²) in [5.41, 5.74) is 6.90. The molecule has 0 saturated carbocycles. The number of rotatable bonds is 3. The molecule has 0 spiro atoms. The maximum Gasteiger partial charge on any atom is 0.0635 e. The molecular weight excluding hydrogens is 218 g/mol. The van der Waals surface area contributed by atoms with Crippen LogP contribution in [0.2, 0.25) is 0 Å². The van der Waals surface area contributed by atoms with Crippen molar-refractivity contribution in [3.63, 3.8) is 0 Å². The van der Waals surface area contributed by atoms with Crippen LogP contribution in [0.5, 0.6) is 0 Å². The van der Waals surface area contributed by atoms with Crippen molar-refractivity contribution >= 4 is 15.9 Å². The normalized spacial score (nSPS) is 13.3. The van der Waals surface area contributed by atoms with E-state index in [2.05, 4.69) is 28.0 Å². The second-order valence-corrected chi connectivity index (χ2v) is 3.81. The summed E-state index contributed by atoms with van der Waals surface area (Å²) in [6.07, 6.45) is 2.80. The van der Waals surface area contributed by atoms with Crippen molar-refractivity contribution < 1.29 is 0 Å². The Hall–Kier alpha value is -0.350. The summed E-state index contributed by atoms with van der Waals surface area (Å²) >= 11 is 3.44. The highest BCUT2D eigenvalue weighted by Crippen LogP contribution is 2.16. The molecule has 1 aromatic heterocycles. The summed E-state index contributed by atoms with van der Waals surface area (Å²) in [7, 11) is 0. The Labute approximate surface area is 81.1 Å². The molecule has 0 aromatic carbocycles. The molecule has 0 aliphatic carbocycles. The lowest BCUT2D eigenvalue weighted by Crippen LogP contribution is -2.23. The minimum absolute atomic E-state index is 0.155. The summed E-state index contributed by atoms with van der Waals surface area (Å²) < 4.78 is 3.03. The number of nitrogens with two attached hydrogens (primary N) is 1. The lowest BCUT2D eigenvalue weighted by Gasteiger charge is -2.08. The van der Waals surface area contributed by atoms with Crippen molar-refractivity contribution in [3.05, 3.63) is 16.4 Å². The zero-order valence-corrected chi connectivity index (χ0v) is 9.00. The third kappa shape index (κ3) is 2.08. The summed E-state index contributed by atoms with van der Waals surface area (Å²) in [6, 6.07) is 0.155. The fourth-order valence-electron chi connectivity index (χ4n) is 1.17. The molecule has 3 nitrogen and oxygen atoms in total. The Bertz CT molecular complexity index is 255. The molecule has 1 rings (SSSR count). The fraction of sp³-hybridized carbons (Fsp3) is 0.625. The summed E-state index contributed by atoms with van der Waals surface area (Å²) in [5, 5.41) is 4.22. The van der Waals surface area contributed by atoms with E-state index in [1.807, 2.05) is 17.8 Å². The topological polar surface area (TPSA) is 43.8 Å². The molecule has 2 N–H and O–H groups in total. The molecule has 1 aromatic rings. The Kier molecular flexibility index (Phi) is 3.29. The molecule has 1 atom stereocenters. The zero-order chi connectivity index (χ0) is 9.14. The van der Waals surface area contributed by atoms with Crippen LogP contribution in [0.3, 0.4) is 0 Å². The molecule has 0 radical (unpaired) electrons. The molecule has 0 saturated heterocycles. The largest absolute Gasteiger partial charge is 0.326 e. The van der Waals surface area contributed by atoms with Gasteiger partial charge in [-0.2, -0.15) is 5.10 Å². The molecule has 1 heterocycles. The van der Waals surface area contributed by atoms with Crippen molar-refractivity contribution in [2.45, 2.75) is 32.9 Å². The first kappa shape index (κ1) is 9.74. The van der Waals surface area contributed by atoms with Gasteiger partial charge in [-0.25, -0.2) is 0 Å². The highest BCUT2D eigenvalue weighted by Gasteiger charge is 2.07. The van der Waals surface area contributed by atoms with E-state index in [0.29, 0.717) is 0 Å². The lowest BCUT2D eigenvalue weighted by molar-refractivity contribution is 0.521. The van der Waals surface area contributed by atoms with Gasteiger partial charge in [-0.05, 0) is 29.3 Å². The molecule has 0 bridgehead atoms. The minimum Gasteiger partial charge on any atom is -0.326 e. The van der Waals surface area contributed by atoms with Crippen molar-refractivity contribution in [3.8, 4) is 0 Å². The van der Waals surface area contributed by atoms with E-state index in [1.165, 1.54) is 5.69 Å². The number of hydrogen-bond donors (Lipinski definition) is 1. The molecule has 1 unspecified atom stereocenters. The third-order valence-corrected chi connectivity index (χ3v) is 2.36. The molecular formula is C8H14BrN3. The van der Waals surface area contributed by atoms with Gasteiger partial charge in [0.25, 0.3) is 0 Å². The van der Waals surface area contributed by atoms with Gasteiger partial charge in [-0.15, -0.1) is 0 Å². The zero-order valence-electron chi connectivity index (χ0n) is 7.42. The van der Waals surface area contributed by atoms with E-state index in [1.54, 1.807) is 0 Å². The van der Waals surface area contributed by atoms with E-state index < -0.39 is 0 Å². The highest BCUT2D eigenvalue weighted by molar-refractivity contribution is 9.10. The van der Waals surface area contributed by atoms with Crippen molar-refractivity contribution in [2.75, 3.05) is 0 Å². The number of aromatic nitrogens is 2. The van der Waals surface area contributed by atoms with Gasteiger partial charge in [-0.3, -0.25) is 4.68 Å². The second-order valence-electron chi connectivity index (χ2n) is 2.95. The van der Waals surface area contributed by atoms with Gasteiger partial charge in [0.05, 0.1) is 22.9 Å². The molecule has 12 heavy (non-hydrogen) atoms. The second kappa shape index (κ2) is 4.05. The van der Waals surface area contributed by atoms with Crippen molar-refractivity contribution in [1.29, 1.82) is 0 Å². The molecule has 0 aliphatic rings. The summed E-state index contributed by atoms with van der Waals surface area (Å²) in [5.74, 6) is 0. The third-order valence-electron chi connectivity index (χ3n) is 1.69. The van der Waals surface area contributed by atoms with Crippen LogP contribution in [0.15, 0.2) is 10.7 Å². The smallest absolute Gasteiger partial charge is 0.0635 e. The maximum absolute atomic E-state index is 5.68. The first-order chi connectivity index (χ1) is 5.65. The van der Waals surface area contributed by atoms with E-state index in [-0.39, 0.29) is 6.04 Å². The SMILES string of the molecule is CCc1c(Br)cnn1CC(C)N. The van der Waals surface area contributed by atoms with Crippen molar-refractivity contribution in [1.82, 2.24) is 9.78 Å². The molecule has 0 fully saturated rings. The molecule has 0 amide bonds. The maximum atomic E-state index is 5.68. The summed E-state index contributed by atoms with van der Waals surface area (Å²) in [4.78, 5) is 0. The van der Waals surface area contributed by atoms with Crippen molar-refractivity contribution in [2.24, 2.45) is 5.73 Å². The standard InChI is InChI=1S/C8H14BrN3/c1-3-8-7(9)4-11-12(8)5-6(2)10/h4,6H,3,5,10H2,1-2H3. The Morgan fingerprint density at radius 3 is 2.92 bits per heavy atom. The molecule has 0 aliphatic heterocycles. The molecule has 4 heteroatoms. The van der Waals surface area contributed by atoms with Crippen LogP contribution >= 0.6 is 15.9 Å². The predicted molar refractivity (Wildman–Crippen MR) is 53.0 cm³/mol. The Balaban J connectivity index is 2.84. The van der Waals surface area contributed by atoms with Gasteiger partial charge in [0.15, 0.2) is 0 Å². The van der Waals surface area contributed by atoms with E-state index in [9.17, 15) is 0 Å². The van der Waals surface area contributed by atoms with Crippen LogP contribution in [-0.2, 0) is 13.0 Å². The molecule has 68 valence electrons. The number of hydrogen-bond acceptors (Lipinski definition) is 2. The average Bonchev–Trinajstić information content (AvgIpc) is 2.30. The van der Waals surface area contributed by atoms with Crippen LogP contribution in [0.4, 0.5) is 0 Å². The first-order valence-electron chi connectivity index (χ1n) is 4.11. The predicted octanol–water partition coefficient (Wildman–Crippen LogP) is 1.56. The van der Waals surface area contributed by atoms with Gasteiger partial charge in [-0.1, -0.05) is 6.92 Å². The minimum atomic E-state index is 0.155. The van der Waals surface area contributed by atoms with E-state index in [0.717, 1.165) is 17.4 Å². The number of halogens is 1. The van der Waals surface area contributed by atoms with E-state index >= 15 is 0 Å². The van der Waals surface area contributed by atoms with Gasteiger partial charge in [0.2, 0.25) is 0 Å². The summed E-state index contributed by atoms with van der Waals surface area (Å²) in [6.45, 7) is 4.88.